The zero-order valence-electron chi connectivity index (χ0n) is 29.2. The van der Waals surface area contributed by atoms with E-state index < -0.39 is 22.2 Å². The molecule has 1 aliphatic heterocycles. The average molecular weight is 616 g/mol. The molecule has 1 spiro atoms. The second-order valence-electron chi connectivity index (χ2n) is 16.3. The fraction of sp³-hybridized carbons (Fsp3) is 0.318. The first-order valence-electron chi connectivity index (χ1n) is 17.0. The Morgan fingerprint density at radius 1 is 0.532 bits per heavy atom. The molecular formula is C44H44BO2. The molecule has 47 heavy (non-hydrogen) atoms. The molecule has 2 nitrogen and oxygen atoms in total. The molecule has 0 saturated carbocycles. The summed E-state index contributed by atoms with van der Waals surface area (Å²) in [4.78, 5) is 0. The average Bonchev–Trinajstić information content (AvgIpc) is 3.49. The van der Waals surface area contributed by atoms with E-state index in [9.17, 15) is 0 Å². The zero-order valence-corrected chi connectivity index (χ0v) is 29.2. The van der Waals surface area contributed by atoms with Crippen molar-refractivity contribution in [3.63, 3.8) is 0 Å². The van der Waals surface area contributed by atoms with Crippen molar-refractivity contribution in [2.75, 3.05) is 0 Å². The molecule has 0 fully saturated rings. The Morgan fingerprint density at radius 3 is 1.89 bits per heavy atom. The van der Waals surface area contributed by atoms with E-state index in [1.54, 1.807) is 0 Å². The first-order chi connectivity index (χ1) is 22.1. The second kappa shape index (κ2) is 9.81. The molecule has 3 aliphatic rings. The minimum absolute atomic E-state index is 0.0138. The lowest BCUT2D eigenvalue weighted by atomic mass is 9.68. The summed E-state index contributed by atoms with van der Waals surface area (Å²) in [5.74, 6) is 0. The number of hydrogen-bond donors (Lipinski definition) is 0. The SMILES string of the molecule is CC(C)(C)c1ccc2c(c1)C13c4ccccc4-c4ccc(cc41)-c1cccc(c1)[B]OC(C)(C)C(C)(C)OC(C)(C)c1ccc-2c3c1. The topological polar surface area (TPSA) is 18.5 Å². The van der Waals surface area contributed by atoms with Crippen LogP contribution < -0.4 is 5.46 Å². The molecule has 5 aromatic carbocycles. The van der Waals surface area contributed by atoms with Crippen molar-refractivity contribution in [3.05, 3.63) is 137 Å². The molecule has 1 unspecified atom stereocenters. The lowest BCUT2D eigenvalue weighted by Gasteiger charge is -2.46. The van der Waals surface area contributed by atoms with E-state index in [2.05, 4.69) is 165 Å². The highest BCUT2D eigenvalue weighted by Crippen LogP contribution is 2.64. The fourth-order valence-corrected chi connectivity index (χ4v) is 8.17. The molecule has 6 bridgehead atoms. The number of rotatable bonds is 0. The molecule has 3 heteroatoms. The van der Waals surface area contributed by atoms with Crippen molar-refractivity contribution < 1.29 is 9.39 Å². The van der Waals surface area contributed by atoms with Gasteiger partial charge in [0.05, 0.1) is 22.2 Å². The summed E-state index contributed by atoms with van der Waals surface area (Å²) >= 11 is 0. The van der Waals surface area contributed by atoms with Crippen molar-refractivity contribution >= 4 is 12.9 Å². The maximum Gasteiger partial charge on any atom is 0.330 e. The van der Waals surface area contributed by atoms with Crippen molar-refractivity contribution in [1.29, 1.82) is 0 Å². The molecule has 0 saturated heterocycles. The Bertz CT molecular complexity index is 2090. The number of benzene rings is 5. The molecule has 0 aromatic heterocycles. The van der Waals surface area contributed by atoms with E-state index in [1.165, 1.54) is 61.2 Å². The van der Waals surface area contributed by atoms with Gasteiger partial charge in [-0.1, -0.05) is 123 Å². The Kier molecular flexibility index (Phi) is 6.35. The van der Waals surface area contributed by atoms with Gasteiger partial charge in [-0.15, -0.1) is 0 Å². The first-order valence-corrected chi connectivity index (χ1v) is 17.0. The maximum atomic E-state index is 7.12. The van der Waals surface area contributed by atoms with Crippen molar-refractivity contribution in [3.8, 4) is 33.4 Å². The van der Waals surface area contributed by atoms with Crippen LogP contribution in [-0.2, 0) is 25.8 Å². The normalized spacial score (nSPS) is 21.0. The summed E-state index contributed by atoms with van der Waals surface area (Å²) in [7, 11) is 1.90. The van der Waals surface area contributed by atoms with Crippen LogP contribution in [0.5, 0.6) is 0 Å². The van der Waals surface area contributed by atoms with Crippen LogP contribution in [0.4, 0.5) is 0 Å². The molecule has 1 radical (unpaired) electrons. The van der Waals surface area contributed by atoms with Crippen LogP contribution in [0.25, 0.3) is 33.4 Å². The molecule has 5 aromatic rings. The van der Waals surface area contributed by atoms with Gasteiger partial charge in [0.1, 0.15) is 0 Å². The summed E-state index contributed by atoms with van der Waals surface area (Å²) in [5.41, 5.74) is 14.3. The maximum absolute atomic E-state index is 7.12. The number of fused-ring (bicyclic) bond motifs is 9. The van der Waals surface area contributed by atoms with Crippen molar-refractivity contribution in [1.82, 2.24) is 0 Å². The highest BCUT2D eigenvalue weighted by atomic mass is 16.6. The fourth-order valence-electron chi connectivity index (χ4n) is 8.17. The Labute approximate surface area is 281 Å². The standard InChI is InChI=1S/C44H44BO2/c1-40(2,3)29-18-21-34-35-22-19-30-26-39(35)44(38(34)25-29)36-16-11-10-15-32(36)33-20-17-28(24-37(33)44)27-13-12-14-31(23-27)45-47-43(8,9)42(6,7)46-41(30,4)5/h10-26H,1-9H3. The van der Waals surface area contributed by atoms with Crippen molar-refractivity contribution in [2.45, 2.75) is 89.9 Å². The highest BCUT2D eigenvalue weighted by molar-refractivity contribution is 6.47. The van der Waals surface area contributed by atoms with Gasteiger partial charge in [-0.05, 0) is 120 Å². The third-order valence-electron chi connectivity index (χ3n) is 11.4. The van der Waals surface area contributed by atoms with Gasteiger partial charge in [0.25, 0.3) is 0 Å². The first kappa shape index (κ1) is 30.4. The van der Waals surface area contributed by atoms with E-state index in [0.717, 1.165) is 11.0 Å². The number of ether oxygens (including phenoxy) is 1. The molecule has 235 valence electrons. The lowest BCUT2D eigenvalue weighted by Crippen LogP contribution is -2.53. The minimum atomic E-state index is -0.611. The molecule has 0 N–H and O–H groups in total. The lowest BCUT2D eigenvalue weighted by molar-refractivity contribution is -0.198. The summed E-state index contributed by atoms with van der Waals surface area (Å²) in [6.07, 6.45) is 0. The quantitative estimate of drug-likeness (QED) is 0.158. The van der Waals surface area contributed by atoms with E-state index in [-0.39, 0.29) is 5.41 Å². The summed E-state index contributed by atoms with van der Waals surface area (Å²) in [5, 5.41) is 0. The number of hydrogen-bond acceptors (Lipinski definition) is 2. The summed E-state index contributed by atoms with van der Waals surface area (Å²) in [6.45, 7) is 19.9. The van der Waals surface area contributed by atoms with Crippen LogP contribution in [0.15, 0.2) is 103 Å². The van der Waals surface area contributed by atoms with Gasteiger partial charge < -0.3 is 9.39 Å². The van der Waals surface area contributed by atoms with Gasteiger partial charge in [0.2, 0.25) is 0 Å². The van der Waals surface area contributed by atoms with Crippen LogP contribution in [0.1, 0.15) is 95.7 Å². The predicted molar refractivity (Wildman–Crippen MR) is 196 cm³/mol. The van der Waals surface area contributed by atoms with Crippen molar-refractivity contribution in [2.24, 2.45) is 0 Å². The van der Waals surface area contributed by atoms with E-state index >= 15 is 0 Å². The van der Waals surface area contributed by atoms with Gasteiger partial charge in [0, 0.05) is 0 Å². The van der Waals surface area contributed by atoms with E-state index in [0.29, 0.717) is 0 Å². The molecule has 0 amide bonds. The third-order valence-corrected chi connectivity index (χ3v) is 11.4. The Morgan fingerprint density at radius 2 is 1.15 bits per heavy atom. The predicted octanol–water partition coefficient (Wildman–Crippen LogP) is 10.1. The Balaban J connectivity index is 1.51. The zero-order chi connectivity index (χ0) is 33.1. The molecule has 2 aliphatic carbocycles. The van der Waals surface area contributed by atoms with E-state index in [1.807, 2.05) is 7.48 Å². The largest absolute Gasteiger partial charge is 0.427 e. The summed E-state index contributed by atoms with van der Waals surface area (Å²) < 4.78 is 13.7. The van der Waals surface area contributed by atoms with Gasteiger partial charge in [-0.3, -0.25) is 0 Å². The van der Waals surface area contributed by atoms with Gasteiger partial charge in [0.15, 0.2) is 0 Å². The van der Waals surface area contributed by atoms with Crippen LogP contribution in [0.3, 0.4) is 0 Å². The monoisotopic (exact) mass is 615 g/mol. The van der Waals surface area contributed by atoms with Crippen LogP contribution >= 0.6 is 0 Å². The minimum Gasteiger partial charge on any atom is -0.427 e. The highest BCUT2D eigenvalue weighted by Gasteiger charge is 2.53. The van der Waals surface area contributed by atoms with Crippen LogP contribution in [-0.4, -0.2) is 18.7 Å². The van der Waals surface area contributed by atoms with Crippen LogP contribution in [0.2, 0.25) is 0 Å². The molecule has 1 heterocycles. The van der Waals surface area contributed by atoms with Gasteiger partial charge in [-0.2, -0.15) is 0 Å². The van der Waals surface area contributed by atoms with Gasteiger partial charge in [-0.25, -0.2) is 0 Å². The second-order valence-corrected chi connectivity index (χ2v) is 16.3. The smallest absolute Gasteiger partial charge is 0.330 e. The molecule has 1 atom stereocenters. The molecule has 8 rings (SSSR count). The summed E-state index contributed by atoms with van der Waals surface area (Å²) in [6, 6.07) is 39.2. The third kappa shape index (κ3) is 4.32. The Hall–Kier alpha value is -3.92. The van der Waals surface area contributed by atoms with Crippen LogP contribution in [0, 0.1) is 0 Å². The molecular weight excluding hydrogens is 571 g/mol. The van der Waals surface area contributed by atoms with E-state index in [4.69, 9.17) is 9.39 Å². The van der Waals surface area contributed by atoms with Gasteiger partial charge >= 0.3 is 7.48 Å².